The van der Waals surface area contributed by atoms with Crippen LogP contribution in [0.1, 0.15) is 32.3 Å². The zero-order valence-electron chi connectivity index (χ0n) is 11.2. The summed E-state index contributed by atoms with van der Waals surface area (Å²) in [5, 5.41) is 13.6. The van der Waals surface area contributed by atoms with Gasteiger partial charge in [0.15, 0.2) is 0 Å². The largest absolute Gasteiger partial charge is 0.396 e. The second-order valence-electron chi connectivity index (χ2n) is 6.15. The normalized spacial score (nSPS) is 17.8. The molecule has 1 fully saturated rings. The Hall–Kier alpha value is -0.570. The number of nitrogens with one attached hydrogen (secondary N) is 1. The van der Waals surface area contributed by atoms with Crippen molar-refractivity contribution in [3.05, 3.63) is 34.9 Å². The highest BCUT2D eigenvalue weighted by molar-refractivity contribution is 6.30. The number of aliphatic hydroxyl groups is 1. The van der Waals surface area contributed by atoms with Gasteiger partial charge >= 0.3 is 0 Å². The summed E-state index contributed by atoms with van der Waals surface area (Å²) in [5.74, 6) is 0. The highest BCUT2D eigenvalue weighted by Gasteiger charge is 2.41. The third-order valence-electron chi connectivity index (χ3n) is 3.99. The Kier molecular flexibility index (Phi) is 4.00. The van der Waals surface area contributed by atoms with Crippen LogP contribution in [0.2, 0.25) is 5.02 Å². The van der Waals surface area contributed by atoms with E-state index in [0.29, 0.717) is 6.61 Å². The summed E-state index contributed by atoms with van der Waals surface area (Å²) in [6.45, 7) is 6.59. The molecule has 0 aliphatic heterocycles. The van der Waals surface area contributed by atoms with E-state index in [2.05, 4.69) is 31.3 Å². The second kappa shape index (κ2) is 5.20. The van der Waals surface area contributed by atoms with Crippen LogP contribution in [0.3, 0.4) is 0 Å². The van der Waals surface area contributed by atoms with Gasteiger partial charge in [0.2, 0.25) is 0 Å². The lowest BCUT2D eigenvalue weighted by atomic mass is 9.84. The molecular formula is C15H22ClNO. The molecule has 0 spiro atoms. The first-order valence-corrected chi connectivity index (χ1v) is 6.93. The van der Waals surface area contributed by atoms with E-state index in [0.717, 1.165) is 31.0 Å². The van der Waals surface area contributed by atoms with E-state index in [9.17, 15) is 5.11 Å². The Bertz CT molecular complexity index is 395. The summed E-state index contributed by atoms with van der Waals surface area (Å²) in [7, 11) is 0. The van der Waals surface area contributed by atoms with E-state index in [1.807, 2.05) is 12.1 Å². The Labute approximate surface area is 114 Å². The third kappa shape index (κ3) is 3.25. The van der Waals surface area contributed by atoms with Gasteiger partial charge in [-0.25, -0.2) is 0 Å². The molecule has 2 N–H and O–H groups in total. The fraction of sp³-hybridized carbons (Fsp3) is 0.600. The predicted molar refractivity (Wildman–Crippen MR) is 76.1 cm³/mol. The van der Waals surface area contributed by atoms with E-state index < -0.39 is 0 Å². The van der Waals surface area contributed by atoms with Gasteiger partial charge in [-0.15, -0.1) is 0 Å². The standard InChI is InChI=1S/C15H22ClNO/c1-14(2,12-3-5-13(16)6-4-12)9-17-10-15(11-18)7-8-15/h3-6,17-18H,7-11H2,1-2H3. The van der Waals surface area contributed by atoms with Gasteiger partial charge in [-0.3, -0.25) is 0 Å². The molecule has 1 saturated carbocycles. The summed E-state index contributed by atoms with van der Waals surface area (Å²) in [5.41, 5.74) is 1.54. The molecule has 1 aliphatic rings. The maximum atomic E-state index is 9.28. The zero-order chi connectivity index (χ0) is 13.2. The maximum Gasteiger partial charge on any atom is 0.0499 e. The summed E-state index contributed by atoms with van der Waals surface area (Å²) < 4.78 is 0. The number of hydrogen-bond donors (Lipinski definition) is 2. The number of halogens is 1. The van der Waals surface area contributed by atoms with Crippen molar-refractivity contribution in [2.24, 2.45) is 5.41 Å². The summed E-state index contributed by atoms with van der Waals surface area (Å²) in [6, 6.07) is 8.05. The molecule has 1 aromatic rings. The van der Waals surface area contributed by atoms with Crippen LogP contribution in [-0.4, -0.2) is 24.8 Å². The van der Waals surface area contributed by atoms with E-state index in [1.165, 1.54) is 5.56 Å². The van der Waals surface area contributed by atoms with Crippen LogP contribution in [0.25, 0.3) is 0 Å². The van der Waals surface area contributed by atoms with Gasteiger partial charge < -0.3 is 10.4 Å². The smallest absolute Gasteiger partial charge is 0.0499 e. The molecule has 3 heteroatoms. The van der Waals surface area contributed by atoms with Crippen molar-refractivity contribution < 1.29 is 5.11 Å². The molecule has 2 nitrogen and oxygen atoms in total. The highest BCUT2D eigenvalue weighted by Crippen LogP contribution is 2.44. The Morgan fingerprint density at radius 2 is 1.89 bits per heavy atom. The van der Waals surface area contributed by atoms with Crippen molar-refractivity contribution in [3.63, 3.8) is 0 Å². The first-order valence-electron chi connectivity index (χ1n) is 6.55. The van der Waals surface area contributed by atoms with Crippen LogP contribution in [0.5, 0.6) is 0 Å². The van der Waals surface area contributed by atoms with E-state index in [4.69, 9.17) is 11.6 Å². The van der Waals surface area contributed by atoms with Crippen LogP contribution >= 0.6 is 11.6 Å². The molecule has 0 atom stereocenters. The van der Waals surface area contributed by atoms with Crippen molar-refractivity contribution in [1.29, 1.82) is 0 Å². The second-order valence-corrected chi connectivity index (χ2v) is 6.59. The summed E-state index contributed by atoms with van der Waals surface area (Å²) >= 11 is 5.91. The Morgan fingerprint density at radius 3 is 2.39 bits per heavy atom. The molecule has 0 unspecified atom stereocenters. The topological polar surface area (TPSA) is 32.3 Å². The lowest BCUT2D eigenvalue weighted by molar-refractivity contribution is 0.205. The lowest BCUT2D eigenvalue weighted by Crippen LogP contribution is -2.37. The zero-order valence-corrected chi connectivity index (χ0v) is 11.9. The monoisotopic (exact) mass is 267 g/mol. The predicted octanol–water partition coefficient (Wildman–Crippen LogP) is 2.98. The van der Waals surface area contributed by atoms with Gasteiger partial charge in [0.1, 0.15) is 0 Å². The first kappa shape index (κ1) is 13.9. The van der Waals surface area contributed by atoms with Crippen LogP contribution < -0.4 is 5.32 Å². The van der Waals surface area contributed by atoms with E-state index in [-0.39, 0.29) is 10.8 Å². The van der Waals surface area contributed by atoms with Crippen LogP contribution in [0, 0.1) is 5.41 Å². The maximum absolute atomic E-state index is 9.28. The van der Waals surface area contributed by atoms with Gasteiger partial charge in [-0.05, 0) is 30.5 Å². The van der Waals surface area contributed by atoms with Gasteiger partial charge in [-0.1, -0.05) is 37.6 Å². The average molecular weight is 268 g/mol. The SMILES string of the molecule is CC(C)(CNCC1(CO)CC1)c1ccc(Cl)cc1. The molecule has 0 bridgehead atoms. The molecule has 0 saturated heterocycles. The molecule has 1 aromatic carbocycles. The van der Waals surface area contributed by atoms with Gasteiger partial charge in [0.05, 0.1) is 0 Å². The molecule has 0 radical (unpaired) electrons. The number of benzene rings is 1. The fourth-order valence-corrected chi connectivity index (χ4v) is 2.34. The van der Waals surface area contributed by atoms with E-state index >= 15 is 0 Å². The third-order valence-corrected chi connectivity index (χ3v) is 4.24. The van der Waals surface area contributed by atoms with Crippen molar-refractivity contribution in [1.82, 2.24) is 5.32 Å². The highest BCUT2D eigenvalue weighted by atomic mass is 35.5. The van der Waals surface area contributed by atoms with Crippen molar-refractivity contribution >= 4 is 11.6 Å². The minimum Gasteiger partial charge on any atom is -0.396 e. The van der Waals surface area contributed by atoms with Crippen molar-refractivity contribution in [2.45, 2.75) is 32.1 Å². The molecule has 100 valence electrons. The van der Waals surface area contributed by atoms with Gasteiger partial charge in [-0.2, -0.15) is 0 Å². The summed E-state index contributed by atoms with van der Waals surface area (Å²) in [6.07, 6.45) is 2.30. The molecule has 2 rings (SSSR count). The molecule has 0 heterocycles. The van der Waals surface area contributed by atoms with Crippen molar-refractivity contribution in [3.8, 4) is 0 Å². The quantitative estimate of drug-likeness (QED) is 0.831. The summed E-state index contributed by atoms with van der Waals surface area (Å²) in [4.78, 5) is 0. The van der Waals surface area contributed by atoms with E-state index in [1.54, 1.807) is 0 Å². The Morgan fingerprint density at radius 1 is 1.28 bits per heavy atom. The fourth-order valence-electron chi connectivity index (χ4n) is 2.21. The minimum absolute atomic E-state index is 0.0795. The molecule has 0 aromatic heterocycles. The van der Waals surface area contributed by atoms with Crippen LogP contribution in [0.15, 0.2) is 24.3 Å². The van der Waals surface area contributed by atoms with Crippen molar-refractivity contribution in [2.75, 3.05) is 19.7 Å². The number of hydrogen-bond acceptors (Lipinski definition) is 2. The molecular weight excluding hydrogens is 246 g/mol. The van der Waals surface area contributed by atoms with Crippen LogP contribution in [0.4, 0.5) is 0 Å². The van der Waals surface area contributed by atoms with Gasteiger partial charge in [0.25, 0.3) is 0 Å². The Balaban J connectivity index is 1.88. The molecule has 18 heavy (non-hydrogen) atoms. The molecule has 1 aliphatic carbocycles. The minimum atomic E-state index is 0.0795. The van der Waals surface area contributed by atoms with Crippen LogP contribution in [-0.2, 0) is 5.41 Å². The number of aliphatic hydroxyl groups excluding tert-OH is 1. The average Bonchev–Trinajstić information content (AvgIpc) is 3.10. The number of rotatable bonds is 6. The lowest BCUT2D eigenvalue weighted by Gasteiger charge is -2.27. The molecule has 0 amide bonds. The first-order chi connectivity index (χ1) is 8.47. The van der Waals surface area contributed by atoms with Gasteiger partial charge in [0, 0.05) is 35.5 Å².